The molecule has 0 radical (unpaired) electrons. The van der Waals surface area contributed by atoms with Crippen molar-refractivity contribution in [1.29, 1.82) is 0 Å². The molecule has 1 aliphatic rings. The molecule has 0 aliphatic carbocycles. The highest BCUT2D eigenvalue weighted by Crippen LogP contribution is 2.26. The summed E-state index contributed by atoms with van der Waals surface area (Å²) >= 11 is 7.07. The van der Waals surface area contributed by atoms with E-state index in [0.29, 0.717) is 12.0 Å². The van der Waals surface area contributed by atoms with Gasteiger partial charge < -0.3 is 5.73 Å². The summed E-state index contributed by atoms with van der Waals surface area (Å²) in [6.07, 6.45) is 2.54. The Hall–Kier alpha value is 0.390. The molecule has 19 heavy (non-hydrogen) atoms. The molecule has 2 atom stereocenters. The number of hydrogen-bond acceptors (Lipinski definition) is 2. The molecule has 1 heterocycles. The monoisotopic (exact) mass is 410 g/mol. The predicted molar refractivity (Wildman–Crippen MR) is 90.7 cm³/mol. The standard InChI is InChI=1S/C14H20Br2N2.ClH/c1-10(17)12-3-2-6-18(9-12)8-11-4-5-13(15)14(16)7-11;/h4-5,7,10,12H,2-3,6,8-9,17H2,1H3;1H. The molecule has 0 saturated carbocycles. The molecule has 0 amide bonds. The highest BCUT2D eigenvalue weighted by Gasteiger charge is 2.22. The Balaban J connectivity index is 0.00000180. The van der Waals surface area contributed by atoms with E-state index in [2.05, 4.69) is 61.9 Å². The smallest absolute Gasteiger partial charge is 0.0320 e. The largest absolute Gasteiger partial charge is 0.328 e. The zero-order valence-electron chi connectivity index (χ0n) is 11.1. The molecule has 2 nitrogen and oxygen atoms in total. The fourth-order valence-electron chi connectivity index (χ4n) is 2.56. The van der Waals surface area contributed by atoms with Gasteiger partial charge in [-0.3, -0.25) is 4.90 Å². The maximum absolute atomic E-state index is 6.03. The minimum Gasteiger partial charge on any atom is -0.328 e. The van der Waals surface area contributed by atoms with E-state index >= 15 is 0 Å². The molecule has 1 aromatic carbocycles. The fourth-order valence-corrected chi connectivity index (χ4v) is 3.23. The lowest BCUT2D eigenvalue weighted by molar-refractivity contribution is 0.154. The van der Waals surface area contributed by atoms with Gasteiger partial charge in [-0.1, -0.05) is 6.07 Å². The molecule has 0 bridgehead atoms. The van der Waals surface area contributed by atoms with Crippen LogP contribution in [0.1, 0.15) is 25.3 Å². The minimum absolute atomic E-state index is 0. The summed E-state index contributed by atoms with van der Waals surface area (Å²) in [4.78, 5) is 2.52. The van der Waals surface area contributed by atoms with Gasteiger partial charge in [0.2, 0.25) is 0 Å². The van der Waals surface area contributed by atoms with Crippen LogP contribution in [0.25, 0.3) is 0 Å². The number of benzene rings is 1. The molecular formula is C14H21Br2ClN2. The Labute approximate surface area is 138 Å². The molecule has 1 fully saturated rings. The van der Waals surface area contributed by atoms with Crippen molar-refractivity contribution in [2.75, 3.05) is 13.1 Å². The number of halogens is 3. The van der Waals surface area contributed by atoms with Crippen LogP contribution in [-0.4, -0.2) is 24.0 Å². The Kier molecular flexibility index (Phi) is 7.33. The van der Waals surface area contributed by atoms with Crippen LogP contribution in [0.15, 0.2) is 27.1 Å². The second kappa shape index (κ2) is 7.99. The van der Waals surface area contributed by atoms with Crippen LogP contribution in [-0.2, 0) is 6.54 Å². The van der Waals surface area contributed by atoms with Crippen LogP contribution in [0.5, 0.6) is 0 Å². The molecule has 108 valence electrons. The molecular weight excluding hydrogens is 391 g/mol. The number of hydrogen-bond donors (Lipinski definition) is 1. The van der Waals surface area contributed by atoms with Crippen LogP contribution in [0.2, 0.25) is 0 Å². The van der Waals surface area contributed by atoms with Crippen LogP contribution < -0.4 is 5.73 Å². The number of nitrogens with two attached hydrogens (primary N) is 1. The maximum Gasteiger partial charge on any atom is 0.0320 e. The average molecular weight is 413 g/mol. The van der Waals surface area contributed by atoms with Gasteiger partial charge in [0, 0.05) is 28.1 Å². The molecule has 1 saturated heterocycles. The molecule has 0 aromatic heterocycles. The Bertz CT molecular complexity index is 412. The first kappa shape index (κ1) is 17.4. The van der Waals surface area contributed by atoms with Crippen molar-refractivity contribution in [3.8, 4) is 0 Å². The maximum atomic E-state index is 6.03. The first-order valence-electron chi connectivity index (χ1n) is 6.48. The first-order valence-corrected chi connectivity index (χ1v) is 8.06. The van der Waals surface area contributed by atoms with Crippen molar-refractivity contribution >= 4 is 44.3 Å². The summed E-state index contributed by atoms with van der Waals surface area (Å²) in [5.41, 5.74) is 7.38. The van der Waals surface area contributed by atoms with Crippen LogP contribution in [0.3, 0.4) is 0 Å². The van der Waals surface area contributed by atoms with E-state index in [4.69, 9.17) is 5.73 Å². The van der Waals surface area contributed by atoms with Crippen LogP contribution in [0.4, 0.5) is 0 Å². The van der Waals surface area contributed by atoms with E-state index in [1.54, 1.807) is 0 Å². The Morgan fingerprint density at radius 1 is 1.37 bits per heavy atom. The highest BCUT2D eigenvalue weighted by molar-refractivity contribution is 9.13. The summed E-state index contributed by atoms with van der Waals surface area (Å²) in [7, 11) is 0. The van der Waals surface area contributed by atoms with Gasteiger partial charge in [-0.05, 0) is 81.8 Å². The van der Waals surface area contributed by atoms with E-state index < -0.39 is 0 Å². The zero-order valence-corrected chi connectivity index (χ0v) is 15.1. The summed E-state index contributed by atoms with van der Waals surface area (Å²) in [5, 5.41) is 0. The lowest BCUT2D eigenvalue weighted by atomic mass is 9.92. The first-order chi connectivity index (χ1) is 8.56. The Morgan fingerprint density at radius 2 is 2.11 bits per heavy atom. The van der Waals surface area contributed by atoms with Crippen molar-refractivity contribution in [3.05, 3.63) is 32.7 Å². The van der Waals surface area contributed by atoms with Crippen LogP contribution >= 0.6 is 44.3 Å². The molecule has 2 rings (SSSR count). The van der Waals surface area contributed by atoms with Gasteiger partial charge in [-0.2, -0.15) is 0 Å². The second-order valence-corrected chi connectivity index (χ2v) is 6.95. The molecule has 5 heteroatoms. The van der Waals surface area contributed by atoms with Crippen LogP contribution in [0, 0.1) is 5.92 Å². The highest BCUT2D eigenvalue weighted by atomic mass is 79.9. The summed E-state index contributed by atoms with van der Waals surface area (Å²) in [5.74, 6) is 0.651. The van der Waals surface area contributed by atoms with E-state index in [0.717, 1.165) is 22.0 Å². The van der Waals surface area contributed by atoms with Gasteiger partial charge in [0.25, 0.3) is 0 Å². The third-order valence-corrected chi connectivity index (χ3v) is 5.56. The molecule has 2 unspecified atom stereocenters. The van der Waals surface area contributed by atoms with E-state index in [1.807, 2.05) is 0 Å². The minimum atomic E-state index is 0. The topological polar surface area (TPSA) is 29.3 Å². The predicted octanol–water partition coefficient (Wildman–Crippen LogP) is 4.19. The third-order valence-electron chi connectivity index (χ3n) is 3.68. The summed E-state index contributed by atoms with van der Waals surface area (Å²) in [6, 6.07) is 6.79. The quantitative estimate of drug-likeness (QED) is 0.807. The van der Waals surface area contributed by atoms with Crippen molar-refractivity contribution in [2.45, 2.75) is 32.4 Å². The van der Waals surface area contributed by atoms with E-state index in [1.165, 1.54) is 24.9 Å². The average Bonchev–Trinajstić information content (AvgIpc) is 2.34. The number of piperidine rings is 1. The van der Waals surface area contributed by atoms with Gasteiger partial charge in [-0.25, -0.2) is 0 Å². The number of rotatable bonds is 3. The van der Waals surface area contributed by atoms with Crippen molar-refractivity contribution < 1.29 is 0 Å². The van der Waals surface area contributed by atoms with Gasteiger partial charge in [-0.15, -0.1) is 12.4 Å². The van der Waals surface area contributed by atoms with E-state index in [-0.39, 0.29) is 12.4 Å². The van der Waals surface area contributed by atoms with Crippen molar-refractivity contribution in [3.63, 3.8) is 0 Å². The SMILES string of the molecule is CC(N)C1CCCN(Cc2ccc(Br)c(Br)c2)C1.Cl. The van der Waals surface area contributed by atoms with Gasteiger partial charge in [0.15, 0.2) is 0 Å². The molecule has 2 N–H and O–H groups in total. The lowest BCUT2D eigenvalue weighted by Gasteiger charge is -2.34. The normalized spacial score (nSPS) is 21.8. The third kappa shape index (κ3) is 5.01. The Morgan fingerprint density at radius 3 is 2.74 bits per heavy atom. The van der Waals surface area contributed by atoms with Crippen molar-refractivity contribution in [2.24, 2.45) is 11.7 Å². The second-order valence-electron chi connectivity index (χ2n) is 5.25. The molecule has 0 spiro atoms. The molecule has 1 aromatic rings. The van der Waals surface area contributed by atoms with Crippen molar-refractivity contribution in [1.82, 2.24) is 4.90 Å². The van der Waals surface area contributed by atoms with Gasteiger partial charge >= 0.3 is 0 Å². The number of likely N-dealkylation sites (tertiary alicyclic amines) is 1. The summed E-state index contributed by atoms with van der Waals surface area (Å²) in [6.45, 7) is 5.47. The van der Waals surface area contributed by atoms with Gasteiger partial charge in [0.1, 0.15) is 0 Å². The number of nitrogens with zero attached hydrogens (tertiary/aromatic N) is 1. The van der Waals surface area contributed by atoms with E-state index in [9.17, 15) is 0 Å². The van der Waals surface area contributed by atoms with Gasteiger partial charge in [0.05, 0.1) is 0 Å². The molecule has 1 aliphatic heterocycles. The lowest BCUT2D eigenvalue weighted by Crippen LogP contribution is -2.41. The zero-order chi connectivity index (χ0) is 13.1. The summed E-state index contributed by atoms with van der Waals surface area (Å²) < 4.78 is 2.24. The fraction of sp³-hybridized carbons (Fsp3) is 0.571.